The van der Waals surface area contributed by atoms with Crippen molar-refractivity contribution in [3.05, 3.63) is 30.1 Å². The van der Waals surface area contributed by atoms with Crippen LogP contribution in [0.5, 0.6) is 0 Å². The standard InChI is InChI=1S/C17H21N3O4/c21-14-9-12(10-20(14)11-13-5-1-4-8-18-13)15(22)19-17(16(23)24)6-2-3-7-17/h1,4-5,8,12H,2-3,6-7,9-11H2,(H,19,22)(H,23,24)/t12-/m1/s1. The van der Waals surface area contributed by atoms with Crippen molar-refractivity contribution in [3.63, 3.8) is 0 Å². The predicted octanol–water partition coefficient (Wildman–Crippen LogP) is 0.944. The van der Waals surface area contributed by atoms with E-state index in [1.807, 2.05) is 12.1 Å². The van der Waals surface area contributed by atoms with Crippen molar-refractivity contribution in [2.45, 2.75) is 44.2 Å². The van der Waals surface area contributed by atoms with Crippen LogP contribution in [0.3, 0.4) is 0 Å². The Bertz CT molecular complexity index is 640. The monoisotopic (exact) mass is 331 g/mol. The predicted molar refractivity (Wildman–Crippen MR) is 84.7 cm³/mol. The minimum absolute atomic E-state index is 0.100. The summed E-state index contributed by atoms with van der Waals surface area (Å²) in [6.07, 6.45) is 4.27. The molecule has 1 aromatic rings. The number of amides is 2. The molecule has 7 heteroatoms. The molecule has 7 nitrogen and oxygen atoms in total. The molecule has 0 spiro atoms. The van der Waals surface area contributed by atoms with Crippen LogP contribution in [0.15, 0.2) is 24.4 Å². The molecule has 2 fully saturated rings. The topological polar surface area (TPSA) is 99.6 Å². The van der Waals surface area contributed by atoms with Crippen molar-refractivity contribution >= 4 is 17.8 Å². The van der Waals surface area contributed by atoms with Gasteiger partial charge in [0.25, 0.3) is 0 Å². The Morgan fingerprint density at radius 1 is 1.33 bits per heavy atom. The number of pyridine rings is 1. The normalized spacial score (nSPS) is 22.6. The molecular weight excluding hydrogens is 310 g/mol. The Kier molecular flexibility index (Phi) is 4.51. The summed E-state index contributed by atoms with van der Waals surface area (Å²) < 4.78 is 0. The minimum Gasteiger partial charge on any atom is -0.480 e. The summed E-state index contributed by atoms with van der Waals surface area (Å²) >= 11 is 0. The number of aromatic nitrogens is 1. The van der Waals surface area contributed by atoms with Crippen molar-refractivity contribution in [2.24, 2.45) is 5.92 Å². The molecular formula is C17H21N3O4. The van der Waals surface area contributed by atoms with Gasteiger partial charge in [0.05, 0.1) is 18.2 Å². The molecule has 2 N–H and O–H groups in total. The molecule has 3 rings (SSSR count). The molecule has 0 radical (unpaired) electrons. The number of carboxylic acids is 1. The zero-order valence-corrected chi connectivity index (χ0v) is 13.4. The molecule has 1 aromatic heterocycles. The van der Waals surface area contributed by atoms with Crippen LogP contribution in [0.2, 0.25) is 0 Å². The molecule has 1 saturated heterocycles. The molecule has 1 atom stereocenters. The van der Waals surface area contributed by atoms with E-state index < -0.39 is 17.4 Å². The molecule has 24 heavy (non-hydrogen) atoms. The quantitative estimate of drug-likeness (QED) is 0.836. The second-order valence-electron chi connectivity index (χ2n) is 6.58. The molecule has 1 saturated carbocycles. The van der Waals surface area contributed by atoms with Crippen LogP contribution in [0, 0.1) is 5.92 Å². The third-order valence-corrected chi connectivity index (χ3v) is 4.89. The molecule has 128 valence electrons. The van der Waals surface area contributed by atoms with E-state index in [0.29, 0.717) is 25.9 Å². The fraction of sp³-hybridized carbons (Fsp3) is 0.529. The number of likely N-dealkylation sites (tertiary alicyclic amines) is 1. The third-order valence-electron chi connectivity index (χ3n) is 4.89. The Morgan fingerprint density at radius 2 is 2.08 bits per heavy atom. The summed E-state index contributed by atoms with van der Waals surface area (Å²) in [6.45, 7) is 0.671. The number of hydrogen-bond acceptors (Lipinski definition) is 4. The van der Waals surface area contributed by atoms with E-state index in [9.17, 15) is 19.5 Å². The lowest BCUT2D eigenvalue weighted by Gasteiger charge is -2.27. The van der Waals surface area contributed by atoms with E-state index in [4.69, 9.17) is 0 Å². The van der Waals surface area contributed by atoms with Gasteiger partial charge in [-0.3, -0.25) is 14.6 Å². The van der Waals surface area contributed by atoms with Crippen molar-refractivity contribution in [3.8, 4) is 0 Å². The Hall–Kier alpha value is -2.44. The lowest BCUT2D eigenvalue weighted by atomic mass is 9.96. The fourth-order valence-corrected chi connectivity index (χ4v) is 3.50. The lowest BCUT2D eigenvalue weighted by molar-refractivity contribution is -0.148. The molecule has 0 aromatic carbocycles. The molecule has 0 bridgehead atoms. The number of aliphatic carboxylic acids is 1. The van der Waals surface area contributed by atoms with Gasteiger partial charge < -0.3 is 15.3 Å². The number of hydrogen-bond donors (Lipinski definition) is 2. The second kappa shape index (κ2) is 6.59. The van der Waals surface area contributed by atoms with Crippen molar-refractivity contribution < 1.29 is 19.5 Å². The van der Waals surface area contributed by atoms with Crippen molar-refractivity contribution in [1.29, 1.82) is 0 Å². The first-order chi connectivity index (χ1) is 11.5. The molecule has 2 heterocycles. The van der Waals surface area contributed by atoms with E-state index in [-0.39, 0.29) is 18.2 Å². The summed E-state index contributed by atoms with van der Waals surface area (Å²) in [4.78, 5) is 42.0. The van der Waals surface area contributed by atoms with Crippen LogP contribution in [0.1, 0.15) is 37.8 Å². The van der Waals surface area contributed by atoms with E-state index in [1.54, 1.807) is 17.2 Å². The summed E-state index contributed by atoms with van der Waals surface area (Å²) in [6, 6.07) is 5.49. The van der Waals surface area contributed by atoms with E-state index in [1.165, 1.54) is 0 Å². The Labute approximate surface area is 140 Å². The summed E-state index contributed by atoms with van der Waals surface area (Å²) in [5, 5.41) is 12.2. The van der Waals surface area contributed by atoms with Crippen LogP contribution in [0.4, 0.5) is 0 Å². The highest BCUT2D eigenvalue weighted by Crippen LogP contribution is 2.31. The van der Waals surface area contributed by atoms with Gasteiger partial charge in [-0.1, -0.05) is 18.9 Å². The van der Waals surface area contributed by atoms with E-state index in [2.05, 4.69) is 10.3 Å². The van der Waals surface area contributed by atoms with Crippen molar-refractivity contribution in [1.82, 2.24) is 15.2 Å². The molecule has 1 aliphatic heterocycles. The first kappa shape index (κ1) is 16.4. The average molecular weight is 331 g/mol. The summed E-state index contributed by atoms with van der Waals surface area (Å²) in [7, 11) is 0. The van der Waals surface area contributed by atoms with E-state index in [0.717, 1.165) is 18.5 Å². The van der Waals surface area contributed by atoms with E-state index >= 15 is 0 Å². The van der Waals surface area contributed by atoms with Crippen LogP contribution in [-0.4, -0.2) is 44.9 Å². The average Bonchev–Trinajstić information content (AvgIpc) is 3.17. The van der Waals surface area contributed by atoms with Gasteiger partial charge >= 0.3 is 5.97 Å². The molecule has 1 aliphatic carbocycles. The Balaban J connectivity index is 1.62. The number of nitrogens with zero attached hydrogens (tertiary/aromatic N) is 2. The number of rotatable bonds is 5. The van der Waals surface area contributed by atoms with Crippen LogP contribution < -0.4 is 5.32 Å². The fourth-order valence-electron chi connectivity index (χ4n) is 3.50. The maximum Gasteiger partial charge on any atom is 0.329 e. The number of carboxylic acid groups (broad SMARTS) is 1. The smallest absolute Gasteiger partial charge is 0.329 e. The van der Waals surface area contributed by atoms with Crippen LogP contribution >= 0.6 is 0 Å². The lowest BCUT2D eigenvalue weighted by Crippen LogP contribution is -2.54. The first-order valence-electron chi connectivity index (χ1n) is 8.23. The first-order valence-corrected chi connectivity index (χ1v) is 8.23. The third kappa shape index (κ3) is 3.25. The number of carbonyl (C=O) groups is 3. The van der Waals surface area contributed by atoms with Gasteiger partial charge in [0, 0.05) is 19.2 Å². The summed E-state index contributed by atoms with van der Waals surface area (Å²) in [5.74, 6) is -1.92. The zero-order valence-electron chi connectivity index (χ0n) is 13.4. The van der Waals surface area contributed by atoms with Gasteiger partial charge in [0.15, 0.2) is 0 Å². The molecule has 0 unspecified atom stereocenters. The second-order valence-corrected chi connectivity index (χ2v) is 6.58. The molecule has 2 aliphatic rings. The van der Waals surface area contributed by atoms with Gasteiger partial charge in [-0.2, -0.15) is 0 Å². The SMILES string of the molecule is O=C(NC1(C(=O)O)CCCC1)[C@@H]1CC(=O)N(Cc2ccccn2)C1. The highest BCUT2D eigenvalue weighted by molar-refractivity contribution is 5.92. The molecule has 2 amide bonds. The number of carbonyl (C=O) groups excluding carboxylic acids is 2. The Morgan fingerprint density at radius 3 is 2.71 bits per heavy atom. The largest absolute Gasteiger partial charge is 0.480 e. The van der Waals surface area contributed by atoms with Gasteiger partial charge in [-0.05, 0) is 25.0 Å². The van der Waals surface area contributed by atoms with Crippen LogP contribution in [0.25, 0.3) is 0 Å². The van der Waals surface area contributed by atoms with Crippen LogP contribution in [-0.2, 0) is 20.9 Å². The van der Waals surface area contributed by atoms with Gasteiger partial charge in [0.1, 0.15) is 5.54 Å². The van der Waals surface area contributed by atoms with Gasteiger partial charge in [0.2, 0.25) is 11.8 Å². The highest BCUT2D eigenvalue weighted by atomic mass is 16.4. The highest BCUT2D eigenvalue weighted by Gasteiger charge is 2.45. The maximum absolute atomic E-state index is 12.5. The maximum atomic E-state index is 12.5. The summed E-state index contributed by atoms with van der Waals surface area (Å²) in [5.41, 5.74) is -0.390. The van der Waals surface area contributed by atoms with Crippen molar-refractivity contribution in [2.75, 3.05) is 6.54 Å². The van der Waals surface area contributed by atoms with Gasteiger partial charge in [-0.25, -0.2) is 4.79 Å². The number of nitrogens with one attached hydrogen (secondary N) is 1. The minimum atomic E-state index is -1.16. The van der Waals surface area contributed by atoms with Gasteiger partial charge in [-0.15, -0.1) is 0 Å². The zero-order chi connectivity index (χ0) is 17.2.